The van der Waals surface area contributed by atoms with E-state index < -0.39 is 0 Å². The van der Waals surface area contributed by atoms with Crippen molar-refractivity contribution in [1.29, 1.82) is 0 Å². The predicted octanol–water partition coefficient (Wildman–Crippen LogP) is 3.04. The number of nitrogens with zero attached hydrogens (tertiary/aromatic N) is 2. The molecule has 0 atom stereocenters. The minimum absolute atomic E-state index is 0.0862. The molecule has 2 aromatic carbocycles. The van der Waals surface area contributed by atoms with Gasteiger partial charge in [0.05, 0.1) is 13.2 Å². The molecule has 0 aliphatic carbocycles. The van der Waals surface area contributed by atoms with Crippen LogP contribution in [-0.4, -0.2) is 63.3 Å². The van der Waals surface area contributed by atoms with Gasteiger partial charge in [0.15, 0.2) is 11.5 Å². The summed E-state index contributed by atoms with van der Waals surface area (Å²) in [5.41, 5.74) is 1.87. The maximum absolute atomic E-state index is 12.5. The van der Waals surface area contributed by atoms with Crippen LogP contribution in [0, 0.1) is 0 Å². The molecule has 2 aromatic rings. The molecule has 6 heteroatoms. The number of amides is 1. The molecule has 1 heterocycles. The first-order valence-corrected chi connectivity index (χ1v) is 10.4. The van der Waals surface area contributed by atoms with E-state index in [1.54, 1.807) is 18.2 Å². The van der Waals surface area contributed by atoms with E-state index in [0.717, 1.165) is 32.7 Å². The van der Waals surface area contributed by atoms with Crippen LogP contribution < -0.4 is 19.7 Å². The third-order valence-corrected chi connectivity index (χ3v) is 5.01. The van der Waals surface area contributed by atoms with Crippen LogP contribution in [0.2, 0.25) is 0 Å². The van der Waals surface area contributed by atoms with Gasteiger partial charge in [0.1, 0.15) is 0 Å². The van der Waals surface area contributed by atoms with E-state index in [2.05, 4.69) is 39.4 Å². The lowest BCUT2D eigenvalue weighted by Gasteiger charge is -2.36. The van der Waals surface area contributed by atoms with Crippen molar-refractivity contribution in [2.24, 2.45) is 0 Å². The van der Waals surface area contributed by atoms with Gasteiger partial charge in [-0.25, -0.2) is 0 Å². The topological polar surface area (TPSA) is 54.0 Å². The van der Waals surface area contributed by atoms with E-state index >= 15 is 0 Å². The molecule has 6 nitrogen and oxygen atoms in total. The van der Waals surface area contributed by atoms with E-state index in [1.807, 2.05) is 19.9 Å². The standard InChI is InChI=1S/C23H31N3O3/c1-3-28-21-11-10-19(18-22(21)29-4-2)23(27)24-12-13-25-14-16-26(17-15-25)20-8-6-5-7-9-20/h5-11,18H,3-4,12-17H2,1-2H3,(H,24,27). The normalized spacial score (nSPS) is 14.5. The molecule has 0 aromatic heterocycles. The predicted molar refractivity (Wildman–Crippen MR) is 116 cm³/mol. The number of carbonyl (C=O) groups excluding carboxylic acids is 1. The highest BCUT2D eigenvalue weighted by Crippen LogP contribution is 2.28. The van der Waals surface area contributed by atoms with Gasteiger partial charge in [-0.15, -0.1) is 0 Å². The fourth-order valence-electron chi connectivity index (χ4n) is 3.49. The van der Waals surface area contributed by atoms with E-state index in [0.29, 0.717) is 36.8 Å². The van der Waals surface area contributed by atoms with Crippen molar-refractivity contribution < 1.29 is 14.3 Å². The summed E-state index contributed by atoms with van der Waals surface area (Å²) in [4.78, 5) is 17.3. The number of hydrogen-bond acceptors (Lipinski definition) is 5. The Hall–Kier alpha value is -2.73. The molecule has 29 heavy (non-hydrogen) atoms. The second-order valence-electron chi connectivity index (χ2n) is 6.95. The number of carbonyl (C=O) groups is 1. The van der Waals surface area contributed by atoms with Crippen molar-refractivity contribution in [3.8, 4) is 11.5 Å². The second kappa shape index (κ2) is 10.7. The number of benzene rings is 2. The molecule has 1 aliphatic heterocycles. The quantitative estimate of drug-likeness (QED) is 0.705. The van der Waals surface area contributed by atoms with Crippen LogP contribution in [0.15, 0.2) is 48.5 Å². The number of nitrogens with one attached hydrogen (secondary N) is 1. The van der Waals surface area contributed by atoms with Gasteiger partial charge in [0.2, 0.25) is 0 Å². The summed E-state index contributed by atoms with van der Waals surface area (Å²) in [6.45, 7) is 10.4. The Morgan fingerprint density at radius 2 is 1.62 bits per heavy atom. The van der Waals surface area contributed by atoms with Crippen LogP contribution >= 0.6 is 0 Å². The van der Waals surface area contributed by atoms with Crippen LogP contribution in [0.5, 0.6) is 11.5 Å². The Morgan fingerprint density at radius 3 is 2.31 bits per heavy atom. The molecule has 0 radical (unpaired) electrons. The molecule has 0 unspecified atom stereocenters. The Kier molecular flexibility index (Phi) is 7.76. The summed E-state index contributed by atoms with van der Waals surface area (Å²) in [5, 5.41) is 3.02. The first-order valence-electron chi connectivity index (χ1n) is 10.4. The van der Waals surface area contributed by atoms with Crippen molar-refractivity contribution in [2.45, 2.75) is 13.8 Å². The zero-order valence-corrected chi connectivity index (χ0v) is 17.4. The van der Waals surface area contributed by atoms with Gasteiger partial charge >= 0.3 is 0 Å². The maximum atomic E-state index is 12.5. The van der Waals surface area contributed by atoms with Gasteiger partial charge in [0.25, 0.3) is 5.91 Å². The fraction of sp³-hybridized carbons (Fsp3) is 0.435. The number of anilines is 1. The number of piperazine rings is 1. The third kappa shape index (κ3) is 5.87. The lowest BCUT2D eigenvalue weighted by Crippen LogP contribution is -2.48. The average molecular weight is 398 g/mol. The molecule has 0 spiro atoms. The van der Waals surface area contributed by atoms with E-state index in [4.69, 9.17) is 9.47 Å². The highest BCUT2D eigenvalue weighted by atomic mass is 16.5. The molecule has 1 aliphatic rings. The lowest BCUT2D eigenvalue weighted by atomic mass is 10.2. The summed E-state index contributed by atoms with van der Waals surface area (Å²) >= 11 is 0. The Bertz CT molecular complexity index is 774. The number of hydrogen-bond donors (Lipinski definition) is 1. The summed E-state index contributed by atoms with van der Waals surface area (Å²) < 4.78 is 11.2. The molecular weight excluding hydrogens is 366 g/mol. The zero-order valence-electron chi connectivity index (χ0n) is 17.4. The molecule has 156 valence electrons. The van der Waals surface area contributed by atoms with Gasteiger partial charge in [-0.2, -0.15) is 0 Å². The summed E-state index contributed by atoms with van der Waals surface area (Å²) in [7, 11) is 0. The second-order valence-corrected chi connectivity index (χ2v) is 6.95. The molecule has 1 N–H and O–H groups in total. The Morgan fingerprint density at radius 1 is 0.931 bits per heavy atom. The van der Waals surface area contributed by atoms with Crippen LogP contribution in [-0.2, 0) is 0 Å². The van der Waals surface area contributed by atoms with Gasteiger partial charge < -0.3 is 19.7 Å². The van der Waals surface area contributed by atoms with Crippen molar-refractivity contribution in [1.82, 2.24) is 10.2 Å². The highest BCUT2D eigenvalue weighted by molar-refractivity contribution is 5.94. The van der Waals surface area contributed by atoms with Crippen molar-refractivity contribution in [3.05, 3.63) is 54.1 Å². The number of rotatable bonds is 9. The summed E-state index contributed by atoms with van der Waals surface area (Å²) in [6.07, 6.45) is 0. The minimum atomic E-state index is -0.0862. The maximum Gasteiger partial charge on any atom is 0.251 e. The molecule has 1 fully saturated rings. The van der Waals surface area contributed by atoms with Crippen LogP contribution in [0.25, 0.3) is 0 Å². The zero-order chi connectivity index (χ0) is 20.5. The largest absolute Gasteiger partial charge is 0.490 e. The average Bonchev–Trinajstić information content (AvgIpc) is 2.76. The van der Waals surface area contributed by atoms with E-state index in [-0.39, 0.29) is 5.91 Å². The number of para-hydroxylation sites is 1. The monoisotopic (exact) mass is 397 g/mol. The van der Waals surface area contributed by atoms with Gasteiger partial charge in [-0.05, 0) is 44.2 Å². The first kappa shape index (κ1) is 21.0. The lowest BCUT2D eigenvalue weighted by molar-refractivity contribution is 0.0947. The molecule has 1 saturated heterocycles. The van der Waals surface area contributed by atoms with Crippen LogP contribution in [0.3, 0.4) is 0 Å². The summed E-state index contributed by atoms with van der Waals surface area (Å²) in [6, 6.07) is 15.8. The van der Waals surface area contributed by atoms with Crippen molar-refractivity contribution >= 4 is 11.6 Å². The molecule has 0 saturated carbocycles. The summed E-state index contributed by atoms with van der Waals surface area (Å²) in [5.74, 6) is 1.19. The highest BCUT2D eigenvalue weighted by Gasteiger charge is 2.17. The Balaban J connectivity index is 1.45. The molecule has 1 amide bonds. The van der Waals surface area contributed by atoms with E-state index in [9.17, 15) is 4.79 Å². The Labute approximate surface area is 173 Å². The van der Waals surface area contributed by atoms with Crippen LogP contribution in [0.1, 0.15) is 24.2 Å². The van der Waals surface area contributed by atoms with Gasteiger partial charge in [0, 0.05) is 50.5 Å². The molecule has 0 bridgehead atoms. The van der Waals surface area contributed by atoms with Crippen molar-refractivity contribution in [3.63, 3.8) is 0 Å². The van der Waals surface area contributed by atoms with E-state index in [1.165, 1.54) is 5.69 Å². The van der Waals surface area contributed by atoms with Crippen LogP contribution in [0.4, 0.5) is 5.69 Å². The molecule has 3 rings (SSSR count). The van der Waals surface area contributed by atoms with Gasteiger partial charge in [-0.1, -0.05) is 18.2 Å². The first-order chi connectivity index (χ1) is 14.2. The number of ether oxygens (including phenoxy) is 2. The fourth-order valence-corrected chi connectivity index (χ4v) is 3.49. The smallest absolute Gasteiger partial charge is 0.251 e. The SMILES string of the molecule is CCOc1ccc(C(=O)NCCN2CCN(c3ccccc3)CC2)cc1OCC. The van der Waals surface area contributed by atoms with Crippen molar-refractivity contribution in [2.75, 3.05) is 57.4 Å². The molecular formula is C23H31N3O3. The third-order valence-electron chi connectivity index (χ3n) is 5.01. The van der Waals surface area contributed by atoms with Gasteiger partial charge in [-0.3, -0.25) is 9.69 Å². The minimum Gasteiger partial charge on any atom is -0.490 e.